The molecule has 2 aliphatic rings. The molecule has 0 radical (unpaired) electrons. The summed E-state index contributed by atoms with van der Waals surface area (Å²) in [6.07, 6.45) is -0.613. The van der Waals surface area contributed by atoms with Crippen LogP contribution in [0.1, 0.15) is 48.1 Å². The van der Waals surface area contributed by atoms with Gasteiger partial charge in [0.05, 0.1) is 24.4 Å². The van der Waals surface area contributed by atoms with E-state index in [2.05, 4.69) is 27.3 Å². The average Bonchev–Trinajstić information content (AvgIpc) is 3.40. The van der Waals surface area contributed by atoms with Crippen molar-refractivity contribution in [3.8, 4) is 16.9 Å². The third-order valence-electron chi connectivity index (χ3n) is 6.69. The van der Waals surface area contributed by atoms with Gasteiger partial charge in [0.2, 0.25) is 0 Å². The fraction of sp³-hybridized carbons (Fsp3) is 0.400. The Labute approximate surface area is 189 Å². The van der Waals surface area contributed by atoms with Crippen molar-refractivity contribution in [2.24, 2.45) is 0 Å². The molecule has 0 saturated carbocycles. The lowest BCUT2D eigenvalue weighted by Gasteiger charge is -2.41. The van der Waals surface area contributed by atoms with Gasteiger partial charge in [-0.25, -0.2) is 0 Å². The van der Waals surface area contributed by atoms with Gasteiger partial charge in [0.25, 0.3) is 0 Å². The van der Waals surface area contributed by atoms with E-state index in [1.807, 2.05) is 18.2 Å². The maximum absolute atomic E-state index is 12.9. The number of hydrogen-bond donors (Lipinski definition) is 1. The summed E-state index contributed by atoms with van der Waals surface area (Å²) < 4.78 is 54.8. The summed E-state index contributed by atoms with van der Waals surface area (Å²) >= 11 is 0. The molecule has 0 aliphatic carbocycles. The maximum atomic E-state index is 12.9. The molecule has 2 aromatic carbocycles. The highest BCUT2D eigenvalue weighted by molar-refractivity contribution is 5.70. The minimum Gasteiger partial charge on any atom is -0.406 e. The average molecular weight is 458 g/mol. The number of hydrogen-bond acceptors (Lipinski definition) is 5. The molecule has 3 aromatic rings. The fourth-order valence-corrected chi connectivity index (χ4v) is 5.29. The second-order valence-electron chi connectivity index (χ2n) is 8.77. The lowest BCUT2D eigenvalue weighted by atomic mass is 9.76. The number of aryl methyl sites for hydroxylation is 1. The SMILES string of the molecule is Cc1oncc1-c1ccc(OC(F)(F)F)cc1[C@@H]1CO[C@]2(CCCN[C@H]2c2ccccc2)C1. The molecule has 2 saturated heterocycles. The Balaban J connectivity index is 1.52. The van der Waals surface area contributed by atoms with Crippen LogP contribution in [0, 0.1) is 6.92 Å². The molecule has 1 aromatic heterocycles. The van der Waals surface area contributed by atoms with Gasteiger partial charge in [-0.3, -0.25) is 0 Å². The van der Waals surface area contributed by atoms with Gasteiger partial charge >= 0.3 is 6.36 Å². The summed E-state index contributed by atoms with van der Waals surface area (Å²) in [4.78, 5) is 0. The van der Waals surface area contributed by atoms with Crippen molar-refractivity contribution < 1.29 is 27.2 Å². The van der Waals surface area contributed by atoms with Crippen molar-refractivity contribution >= 4 is 0 Å². The highest BCUT2D eigenvalue weighted by Gasteiger charge is 2.49. The molecule has 2 fully saturated rings. The van der Waals surface area contributed by atoms with Gasteiger partial charge in [0, 0.05) is 11.5 Å². The Hall–Kier alpha value is -2.84. The standard InChI is InChI=1S/C25H25F3N2O3/c1-16-22(14-30-33-16)20-9-8-19(32-25(26,27)28)12-21(20)18-13-24(31-15-18)10-5-11-29-23(24)17-6-3-2-4-7-17/h2-4,6-9,12,14,18,23,29H,5,10-11,13,15H2,1H3/t18-,23-,24+/m0/s1. The lowest BCUT2D eigenvalue weighted by Crippen LogP contribution is -2.48. The van der Waals surface area contributed by atoms with Crippen LogP contribution in [-0.4, -0.2) is 30.3 Å². The first-order valence-electron chi connectivity index (χ1n) is 11.1. The van der Waals surface area contributed by atoms with Crippen LogP contribution in [0.4, 0.5) is 13.2 Å². The molecule has 5 nitrogen and oxygen atoms in total. The van der Waals surface area contributed by atoms with Crippen LogP contribution in [0.2, 0.25) is 0 Å². The van der Waals surface area contributed by atoms with Crippen LogP contribution in [-0.2, 0) is 4.74 Å². The van der Waals surface area contributed by atoms with Crippen molar-refractivity contribution in [2.45, 2.75) is 50.1 Å². The zero-order valence-electron chi connectivity index (χ0n) is 18.2. The van der Waals surface area contributed by atoms with Gasteiger partial charge in [-0.2, -0.15) is 0 Å². The minimum atomic E-state index is -4.76. The summed E-state index contributed by atoms with van der Waals surface area (Å²) in [6.45, 7) is 3.10. The highest BCUT2D eigenvalue weighted by Crippen LogP contribution is 2.50. The van der Waals surface area contributed by atoms with E-state index >= 15 is 0 Å². The predicted molar refractivity (Wildman–Crippen MR) is 116 cm³/mol. The minimum absolute atomic E-state index is 0.0211. The van der Waals surface area contributed by atoms with Crippen molar-refractivity contribution in [1.82, 2.24) is 10.5 Å². The van der Waals surface area contributed by atoms with E-state index in [-0.39, 0.29) is 17.7 Å². The number of nitrogens with one attached hydrogen (secondary N) is 1. The summed E-state index contributed by atoms with van der Waals surface area (Å²) in [5.41, 5.74) is 3.02. The number of aromatic nitrogens is 1. The molecule has 174 valence electrons. The maximum Gasteiger partial charge on any atom is 0.573 e. The molecular formula is C25H25F3N2O3. The van der Waals surface area contributed by atoms with Crippen molar-refractivity contribution in [2.75, 3.05) is 13.2 Å². The van der Waals surface area contributed by atoms with Crippen LogP contribution in [0.25, 0.3) is 11.1 Å². The molecule has 0 bridgehead atoms. The van der Waals surface area contributed by atoms with E-state index in [1.54, 1.807) is 19.2 Å². The van der Waals surface area contributed by atoms with Crippen LogP contribution in [0.3, 0.4) is 0 Å². The quantitative estimate of drug-likeness (QED) is 0.526. The highest BCUT2D eigenvalue weighted by atomic mass is 19.4. The second kappa shape index (κ2) is 8.50. The van der Waals surface area contributed by atoms with E-state index in [0.29, 0.717) is 18.8 Å². The van der Waals surface area contributed by atoms with Crippen LogP contribution >= 0.6 is 0 Å². The van der Waals surface area contributed by atoms with Crippen molar-refractivity contribution in [3.63, 3.8) is 0 Å². The molecule has 5 rings (SSSR count). The molecular weight excluding hydrogens is 433 g/mol. The van der Waals surface area contributed by atoms with Gasteiger partial charge in [0.15, 0.2) is 0 Å². The molecule has 8 heteroatoms. The van der Waals surface area contributed by atoms with E-state index in [0.717, 1.165) is 41.6 Å². The lowest BCUT2D eigenvalue weighted by molar-refractivity contribution is -0.274. The van der Waals surface area contributed by atoms with Gasteiger partial charge < -0.3 is 19.3 Å². The molecule has 0 amide bonds. The molecule has 1 spiro atoms. The summed E-state index contributed by atoms with van der Waals surface area (Å²) in [6, 6.07) is 14.7. The molecule has 3 heterocycles. The number of ether oxygens (including phenoxy) is 2. The van der Waals surface area contributed by atoms with Gasteiger partial charge in [0.1, 0.15) is 11.5 Å². The Morgan fingerprint density at radius 1 is 1.12 bits per heavy atom. The van der Waals surface area contributed by atoms with E-state index in [4.69, 9.17) is 9.26 Å². The predicted octanol–water partition coefficient (Wildman–Crippen LogP) is 5.92. The van der Waals surface area contributed by atoms with Crippen LogP contribution < -0.4 is 10.1 Å². The topological polar surface area (TPSA) is 56.5 Å². The molecule has 3 atom stereocenters. The Bertz CT molecular complexity index is 1120. The summed E-state index contributed by atoms with van der Waals surface area (Å²) in [5, 5.41) is 7.47. The van der Waals surface area contributed by atoms with Crippen molar-refractivity contribution in [3.05, 3.63) is 71.6 Å². The van der Waals surface area contributed by atoms with Crippen LogP contribution in [0.5, 0.6) is 5.75 Å². The fourth-order valence-electron chi connectivity index (χ4n) is 5.29. The molecule has 1 N–H and O–H groups in total. The Kier molecular flexibility index (Phi) is 5.66. The summed E-state index contributed by atoms with van der Waals surface area (Å²) in [7, 11) is 0. The Morgan fingerprint density at radius 2 is 1.94 bits per heavy atom. The van der Waals surface area contributed by atoms with E-state index in [1.165, 1.54) is 12.1 Å². The first kappa shape index (κ1) is 22.0. The smallest absolute Gasteiger partial charge is 0.406 e. The number of benzene rings is 2. The first-order chi connectivity index (χ1) is 15.8. The zero-order chi connectivity index (χ0) is 23.1. The Morgan fingerprint density at radius 3 is 2.67 bits per heavy atom. The number of piperidine rings is 1. The third kappa shape index (κ3) is 4.37. The summed E-state index contributed by atoms with van der Waals surface area (Å²) in [5.74, 6) is 0.269. The van der Waals surface area contributed by atoms with E-state index < -0.39 is 12.0 Å². The van der Waals surface area contributed by atoms with Gasteiger partial charge in [-0.05, 0) is 61.6 Å². The molecule has 2 aliphatic heterocycles. The largest absolute Gasteiger partial charge is 0.573 e. The van der Waals surface area contributed by atoms with Gasteiger partial charge in [-0.15, -0.1) is 13.2 Å². The monoisotopic (exact) mass is 458 g/mol. The first-order valence-corrected chi connectivity index (χ1v) is 11.1. The third-order valence-corrected chi connectivity index (χ3v) is 6.69. The van der Waals surface area contributed by atoms with Gasteiger partial charge in [-0.1, -0.05) is 41.6 Å². The van der Waals surface area contributed by atoms with E-state index in [9.17, 15) is 13.2 Å². The second-order valence-corrected chi connectivity index (χ2v) is 8.77. The van der Waals surface area contributed by atoms with Crippen molar-refractivity contribution in [1.29, 1.82) is 0 Å². The molecule has 33 heavy (non-hydrogen) atoms. The normalized spacial score (nSPS) is 25.5. The zero-order valence-corrected chi connectivity index (χ0v) is 18.2. The number of nitrogens with zero attached hydrogens (tertiary/aromatic N) is 1. The van der Waals surface area contributed by atoms with Crippen LogP contribution in [0.15, 0.2) is 59.3 Å². The number of alkyl halides is 3. The number of halogens is 3. The number of rotatable bonds is 4. The molecule has 0 unspecified atom stereocenters.